The van der Waals surface area contributed by atoms with Crippen molar-refractivity contribution in [3.05, 3.63) is 50.9 Å². The first-order valence-corrected chi connectivity index (χ1v) is 9.66. The smallest absolute Gasteiger partial charge is 0.263 e. The van der Waals surface area contributed by atoms with Gasteiger partial charge in [-0.25, -0.2) is 4.98 Å². The molecule has 0 aliphatic rings. The highest BCUT2D eigenvalue weighted by atomic mass is 32.1. The van der Waals surface area contributed by atoms with Gasteiger partial charge in [-0.05, 0) is 31.4 Å². The number of aryl methyl sites for hydroxylation is 3. The lowest BCUT2D eigenvalue weighted by molar-refractivity contribution is -0.121. The number of nitrogens with zero attached hydrogens (tertiary/aromatic N) is 2. The van der Waals surface area contributed by atoms with Crippen molar-refractivity contribution in [2.45, 2.75) is 46.6 Å². The molecule has 6 heteroatoms. The zero-order valence-electron chi connectivity index (χ0n) is 15.5. The zero-order chi connectivity index (χ0) is 19.0. The second kappa shape index (κ2) is 7.03. The minimum absolute atomic E-state index is 0.186. The number of carbonyl (C=O) groups is 1. The minimum Gasteiger partial charge on any atom is -0.368 e. The monoisotopic (exact) mass is 369 g/mol. The van der Waals surface area contributed by atoms with Gasteiger partial charge in [-0.1, -0.05) is 37.6 Å². The molecule has 3 aromatic rings. The van der Waals surface area contributed by atoms with Gasteiger partial charge in [0.05, 0.1) is 5.39 Å². The molecular weight excluding hydrogens is 346 g/mol. The quantitative estimate of drug-likeness (QED) is 0.744. The number of rotatable bonds is 5. The number of hydrogen-bond donors (Lipinski definition) is 1. The van der Waals surface area contributed by atoms with E-state index < -0.39 is 11.9 Å². The van der Waals surface area contributed by atoms with Crippen molar-refractivity contribution in [2.24, 2.45) is 5.73 Å². The molecule has 1 aromatic carbocycles. The number of primary amides is 1. The molecule has 136 valence electrons. The molecule has 0 saturated heterocycles. The van der Waals surface area contributed by atoms with Crippen LogP contribution < -0.4 is 11.3 Å². The highest BCUT2D eigenvalue weighted by molar-refractivity contribution is 7.17. The number of hydrogen-bond acceptors (Lipinski definition) is 4. The number of nitrogens with two attached hydrogens (primary N) is 1. The topological polar surface area (TPSA) is 78.0 Å². The van der Waals surface area contributed by atoms with Gasteiger partial charge < -0.3 is 5.73 Å². The first-order valence-electron chi connectivity index (χ1n) is 8.78. The van der Waals surface area contributed by atoms with Crippen LogP contribution in [-0.4, -0.2) is 15.5 Å². The van der Waals surface area contributed by atoms with Gasteiger partial charge >= 0.3 is 0 Å². The van der Waals surface area contributed by atoms with Gasteiger partial charge in [-0.2, -0.15) is 0 Å². The SMILES string of the molecule is CCc1nc2scc(-c3ccc(C)cc3C)c2c(=O)n1C(CC)C(N)=O. The Balaban J connectivity index is 2.36. The summed E-state index contributed by atoms with van der Waals surface area (Å²) in [5.74, 6) is 0.0934. The number of aromatic nitrogens is 2. The molecule has 1 unspecified atom stereocenters. The summed E-state index contributed by atoms with van der Waals surface area (Å²) < 4.78 is 1.49. The van der Waals surface area contributed by atoms with Crippen molar-refractivity contribution in [2.75, 3.05) is 0 Å². The molecule has 0 radical (unpaired) electrons. The van der Waals surface area contributed by atoms with Crippen molar-refractivity contribution in [3.63, 3.8) is 0 Å². The van der Waals surface area contributed by atoms with Gasteiger partial charge in [0, 0.05) is 17.4 Å². The van der Waals surface area contributed by atoms with Crippen LogP contribution in [0.5, 0.6) is 0 Å². The van der Waals surface area contributed by atoms with Crippen molar-refractivity contribution in [1.82, 2.24) is 9.55 Å². The Hall–Kier alpha value is -2.47. The van der Waals surface area contributed by atoms with Crippen molar-refractivity contribution in [1.29, 1.82) is 0 Å². The number of carbonyl (C=O) groups excluding carboxylic acids is 1. The second-order valence-electron chi connectivity index (χ2n) is 6.53. The molecule has 1 atom stereocenters. The Morgan fingerprint density at radius 3 is 2.58 bits per heavy atom. The molecule has 3 rings (SSSR count). The lowest BCUT2D eigenvalue weighted by Crippen LogP contribution is -2.36. The van der Waals surface area contributed by atoms with Gasteiger partial charge in [-0.15, -0.1) is 11.3 Å². The minimum atomic E-state index is -0.679. The van der Waals surface area contributed by atoms with E-state index in [9.17, 15) is 9.59 Å². The lowest BCUT2D eigenvalue weighted by atomic mass is 9.99. The fourth-order valence-electron chi connectivity index (χ4n) is 3.44. The molecule has 1 amide bonds. The van der Waals surface area contributed by atoms with Crippen LogP contribution in [0.2, 0.25) is 0 Å². The predicted molar refractivity (Wildman–Crippen MR) is 107 cm³/mol. The molecule has 0 aliphatic carbocycles. The Morgan fingerprint density at radius 2 is 2.00 bits per heavy atom. The van der Waals surface area contributed by atoms with Crippen LogP contribution >= 0.6 is 11.3 Å². The molecule has 0 aliphatic heterocycles. The summed E-state index contributed by atoms with van der Waals surface area (Å²) in [5, 5.41) is 2.55. The van der Waals surface area contributed by atoms with E-state index in [1.807, 2.05) is 45.2 Å². The maximum atomic E-state index is 13.4. The zero-order valence-corrected chi connectivity index (χ0v) is 16.3. The van der Waals surface area contributed by atoms with Crippen LogP contribution in [0, 0.1) is 13.8 Å². The highest BCUT2D eigenvalue weighted by Crippen LogP contribution is 2.33. The van der Waals surface area contributed by atoms with E-state index >= 15 is 0 Å². The number of thiophene rings is 1. The number of benzene rings is 1. The Morgan fingerprint density at radius 1 is 1.27 bits per heavy atom. The lowest BCUT2D eigenvalue weighted by Gasteiger charge is -2.18. The maximum absolute atomic E-state index is 13.4. The summed E-state index contributed by atoms with van der Waals surface area (Å²) in [6, 6.07) is 5.50. The Bertz CT molecular complexity index is 1050. The molecule has 0 spiro atoms. The highest BCUT2D eigenvalue weighted by Gasteiger charge is 2.24. The number of fused-ring (bicyclic) bond motifs is 1. The van der Waals surface area contributed by atoms with Crippen LogP contribution in [0.3, 0.4) is 0 Å². The summed E-state index contributed by atoms with van der Waals surface area (Å²) in [6.07, 6.45) is 1.02. The third-order valence-corrected chi connectivity index (χ3v) is 5.60. The van der Waals surface area contributed by atoms with Crippen LogP contribution in [0.25, 0.3) is 21.3 Å². The van der Waals surface area contributed by atoms with Crippen LogP contribution in [0.15, 0.2) is 28.4 Å². The first kappa shape index (κ1) is 18.3. The standard InChI is InChI=1S/C20H23N3O2S/c1-5-15(18(21)24)23-16(6-2)22-19-17(20(23)25)14(10-26-19)13-8-7-11(3)9-12(13)4/h7-10,15H,5-6H2,1-4H3,(H2,21,24). The summed E-state index contributed by atoms with van der Waals surface area (Å²) in [7, 11) is 0. The Labute approximate surface area is 156 Å². The largest absolute Gasteiger partial charge is 0.368 e. The van der Waals surface area contributed by atoms with Crippen LogP contribution in [0.1, 0.15) is 43.3 Å². The van der Waals surface area contributed by atoms with Gasteiger partial charge in [0.2, 0.25) is 5.91 Å². The summed E-state index contributed by atoms with van der Waals surface area (Å²) in [4.78, 5) is 30.7. The van der Waals surface area contributed by atoms with E-state index in [1.165, 1.54) is 21.5 Å². The predicted octanol–water partition coefficient (Wildman–Crippen LogP) is 3.74. The molecular formula is C20H23N3O2S. The van der Waals surface area contributed by atoms with E-state index in [1.54, 1.807) is 0 Å². The molecule has 2 heterocycles. The summed E-state index contributed by atoms with van der Waals surface area (Å²) in [5.41, 5.74) is 9.54. The molecule has 2 N–H and O–H groups in total. The fourth-order valence-corrected chi connectivity index (χ4v) is 4.39. The number of amides is 1. The average Bonchev–Trinajstić information content (AvgIpc) is 3.01. The van der Waals surface area contributed by atoms with Gasteiger partial charge in [-0.3, -0.25) is 14.2 Å². The van der Waals surface area contributed by atoms with E-state index in [4.69, 9.17) is 5.73 Å². The molecule has 5 nitrogen and oxygen atoms in total. The van der Waals surface area contributed by atoms with Crippen molar-refractivity contribution in [3.8, 4) is 11.1 Å². The fraction of sp³-hybridized carbons (Fsp3) is 0.350. The molecule has 0 saturated carbocycles. The second-order valence-corrected chi connectivity index (χ2v) is 7.39. The van der Waals surface area contributed by atoms with E-state index in [0.717, 1.165) is 16.7 Å². The average molecular weight is 369 g/mol. The third-order valence-electron chi connectivity index (χ3n) is 4.73. The summed E-state index contributed by atoms with van der Waals surface area (Å²) >= 11 is 1.46. The van der Waals surface area contributed by atoms with Crippen LogP contribution in [0.4, 0.5) is 0 Å². The van der Waals surface area contributed by atoms with E-state index in [2.05, 4.69) is 11.1 Å². The van der Waals surface area contributed by atoms with Gasteiger partial charge in [0.25, 0.3) is 5.56 Å². The Kier molecular flexibility index (Phi) is 4.96. The van der Waals surface area contributed by atoms with Gasteiger partial charge in [0.1, 0.15) is 16.7 Å². The summed E-state index contributed by atoms with van der Waals surface area (Å²) in [6.45, 7) is 7.86. The van der Waals surface area contributed by atoms with Crippen molar-refractivity contribution < 1.29 is 4.79 Å². The van der Waals surface area contributed by atoms with E-state index in [0.29, 0.717) is 28.9 Å². The van der Waals surface area contributed by atoms with E-state index in [-0.39, 0.29) is 5.56 Å². The van der Waals surface area contributed by atoms with Gasteiger partial charge in [0.15, 0.2) is 0 Å². The molecule has 0 fully saturated rings. The third kappa shape index (κ3) is 2.94. The van der Waals surface area contributed by atoms with Crippen molar-refractivity contribution >= 4 is 27.5 Å². The normalized spacial score (nSPS) is 12.5. The first-order chi connectivity index (χ1) is 12.4. The molecule has 0 bridgehead atoms. The molecule has 2 aromatic heterocycles. The molecule has 26 heavy (non-hydrogen) atoms. The maximum Gasteiger partial charge on any atom is 0.263 e. The van der Waals surface area contributed by atoms with Crippen LogP contribution in [-0.2, 0) is 11.2 Å².